The maximum Gasteiger partial charge on any atom is 0.00452 e. The summed E-state index contributed by atoms with van der Waals surface area (Å²) in [6.45, 7) is 7.94. The zero-order valence-corrected chi connectivity index (χ0v) is 7.64. The van der Waals surface area contributed by atoms with E-state index in [1.807, 2.05) is 13.0 Å². The lowest BCUT2D eigenvalue weighted by atomic mass is 10.1. The minimum absolute atomic E-state index is 0.266. The average molecular weight is 153 g/mol. The van der Waals surface area contributed by atoms with Gasteiger partial charge in [0, 0.05) is 6.04 Å². The molecule has 1 heteroatoms. The van der Waals surface area contributed by atoms with Gasteiger partial charge < -0.3 is 5.73 Å². The Morgan fingerprint density at radius 2 is 2.27 bits per heavy atom. The lowest BCUT2D eigenvalue weighted by molar-refractivity contribution is 0.750. The first kappa shape index (κ1) is 10.4. The van der Waals surface area contributed by atoms with Gasteiger partial charge in [-0.2, -0.15) is 0 Å². The van der Waals surface area contributed by atoms with Crippen molar-refractivity contribution in [3.63, 3.8) is 0 Å². The molecule has 0 aromatic carbocycles. The molecule has 0 aromatic heterocycles. The molecule has 64 valence electrons. The molecule has 1 atom stereocenters. The largest absolute Gasteiger partial charge is 0.328 e. The van der Waals surface area contributed by atoms with Crippen molar-refractivity contribution in [2.24, 2.45) is 5.73 Å². The van der Waals surface area contributed by atoms with Crippen molar-refractivity contribution in [1.29, 1.82) is 0 Å². The predicted octanol–water partition coefficient (Wildman–Crippen LogP) is 2.64. The second-order valence-electron chi connectivity index (χ2n) is 2.95. The summed E-state index contributed by atoms with van der Waals surface area (Å²) in [5.74, 6) is 0. The van der Waals surface area contributed by atoms with Crippen LogP contribution >= 0.6 is 0 Å². The van der Waals surface area contributed by atoms with Gasteiger partial charge in [0.25, 0.3) is 0 Å². The van der Waals surface area contributed by atoms with Crippen molar-refractivity contribution < 1.29 is 0 Å². The normalized spacial score (nSPS) is 14.6. The average Bonchev–Trinajstić information content (AvgIpc) is 1.97. The molecule has 0 aromatic rings. The highest BCUT2D eigenvalue weighted by molar-refractivity contribution is 5.15. The van der Waals surface area contributed by atoms with E-state index in [1.54, 1.807) is 0 Å². The summed E-state index contributed by atoms with van der Waals surface area (Å²) in [5.41, 5.74) is 6.94. The van der Waals surface area contributed by atoms with Gasteiger partial charge in [0.1, 0.15) is 0 Å². The molecule has 0 saturated carbocycles. The molecule has 2 N–H and O–H groups in total. The summed E-state index contributed by atoms with van der Waals surface area (Å²) in [4.78, 5) is 0. The number of nitrogens with two attached hydrogens (primary N) is 1. The van der Waals surface area contributed by atoms with Crippen LogP contribution in [0.3, 0.4) is 0 Å². The molecule has 0 saturated heterocycles. The molecule has 0 rings (SSSR count). The molecule has 0 bridgehead atoms. The SMILES string of the molecule is C=C/C(=C\CC(C)N)CCC. The van der Waals surface area contributed by atoms with Crippen molar-refractivity contribution >= 4 is 0 Å². The fourth-order valence-corrected chi connectivity index (χ4v) is 0.913. The monoisotopic (exact) mass is 153 g/mol. The molecule has 0 aliphatic heterocycles. The van der Waals surface area contributed by atoms with E-state index in [2.05, 4.69) is 19.6 Å². The molecule has 11 heavy (non-hydrogen) atoms. The van der Waals surface area contributed by atoms with E-state index in [4.69, 9.17) is 5.73 Å². The summed E-state index contributed by atoms with van der Waals surface area (Å²) in [7, 11) is 0. The molecule has 0 aliphatic rings. The van der Waals surface area contributed by atoms with Crippen LogP contribution in [0.2, 0.25) is 0 Å². The zero-order chi connectivity index (χ0) is 8.69. The van der Waals surface area contributed by atoms with E-state index in [9.17, 15) is 0 Å². The Hall–Kier alpha value is -0.560. The lowest BCUT2D eigenvalue weighted by Gasteiger charge is -2.01. The van der Waals surface area contributed by atoms with E-state index >= 15 is 0 Å². The highest BCUT2D eigenvalue weighted by Gasteiger charge is 1.92. The van der Waals surface area contributed by atoms with Gasteiger partial charge in [0.2, 0.25) is 0 Å². The number of hydrogen-bond donors (Lipinski definition) is 1. The standard InChI is InChI=1S/C10H19N/c1-4-6-10(5-2)8-7-9(3)11/h5,8-9H,2,4,6-7,11H2,1,3H3/b10-8+. The Morgan fingerprint density at radius 1 is 1.64 bits per heavy atom. The molecule has 0 aliphatic carbocycles. The Morgan fingerprint density at radius 3 is 2.64 bits per heavy atom. The molecule has 0 amide bonds. The lowest BCUT2D eigenvalue weighted by Crippen LogP contribution is -2.12. The molecule has 0 radical (unpaired) electrons. The molecule has 0 heterocycles. The van der Waals surface area contributed by atoms with Gasteiger partial charge >= 0.3 is 0 Å². The topological polar surface area (TPSA) is 26.0 Å². The molecular formula is C10H19N. The van der Waals surface area contributed by atoms with Crippen LogP contribution in [-0.4, -0.2) is 6.04 Å². The van der Waals surface area contributed by atoms with Crippen LogP contribution in [0.15, 0.2) is 24.3 Å². The number of allylic oxidation sites excluding steroid dienone is 2. The van der Waals surface area contributed by atoms with Gasteiger partial charge in [-0.25, -0.2) is 0 Å². The molecule has 0 fully saturated rings. The van der Waals surface area contributed by atoms with E-state index in [0.717, 1.165) is 12.8 Å². The Balaban J connectivity index is 3.80. The second-order valence-corrected chi connectivity index (χ2v) is 2.95. The first-order valence-electron chi connectivity index (χ1n) is 4.27. The fraction of sp³-hybridized carbons (Fsp3) is 0.600. The quantitative estimate of drug-likeness (QED) is 0.604. The number of hydrogen-bond acceptors (Lipinski definition) is 1. The third-order valence-corrected chi connectivity index (χ3v) is 1.55. The van der Waals surface area contributed by atoms with E-state index < -0.39 is 0 Å². The van der Waals surface area contributed by atoms with Crippen molar-refractivity contribution in [3.8, 4) is 0 Å². The van der Waals surface area contributed by atoms with Gasteiger partial charge in [-0.05, 0) is 19.8 Å². The van der Waals surface area contributed by atoms with Crippen molar-refractivity contribution in [2.75, 3.05) is 0 Å². The Kier molecular flexibility index (Phi) is 5.86. The van der Waals surface area contributed by atoms with Crippen molar-refractivity contribution in [3.05, 3.63) is 24.3 Å². The highest BCUT2D eigenvalue weighted by Crippen LogP contribution is 2.07. The van der Waals surface area contributed by atoms with Crippen LogP contribution in [0.4, 0.5) is 0 Å². The molecule has 1 unspecified atom stereocenters. The fourth-order valence-electron chi connectivity index (χ4n) is 0.913. The van der Waals surface area contributed by atoms with Crippen LogP contribution < -0.4 is 5.73 Å². The first-order valence-corrected chi connectivity index (χ1v) is 4.27. The van der Waals surface area contributed by atoms with Gasteiger partial charge in [-0.15, -0.1) is 0 Å². The minimum Gasteiger partial charge on any atom is -0.328 e. The first-order chi connectivity index (χ1) is 5.20. The molecular weight excluding hydrogens is 134 g/mol. The third-order valence-electron chi connectivity index (χ3n) is 1.55. The van der Waals surface area contributed by atoms with Crippen LogP contribution in [0.25, 0.3) is 0 Å². The van der Waals surface area contributed by atoms with E-state index in [-0.39, 0.29) is 6.04 Å². The summed E-state index contributed by atoms with van der Waals surface area (Å²) in [5, 5.41) is 0. The summed E-state index contributed by atoms with van der Waals surface area (Å²) >= 11 is 0. The smallest absolute Gasteiger partial charge is 0.00452 e. The number of rotatable bonds is 5. The summed E-state index contributed by atoms with van der Waals surface area (Å²) in [6, 6.07) is 0.266. The maximum atomic E-state index is 5.61. The Labute approximate surface area is 70.0 Å². The predicted molar refractivity (Wildman–Crippen MR) is 51.5 cm³/mol. The van der Waals surface area contributed by atoms with Crippen LogP contribution in [-0.2, 0) is 0 Å². The Bertz CT molecular complexity index is 134. The zero-order valence-electron chi connectivity index (χ0n) is 7.64. The summed E-state index contributed by atoms with van der Waals surface area (Å²) < 4.78 is 0. The van der Waals surface area contributed by atoms with E-state index in [1.165, 1.54) is 12.0 Å². The third kappa shape index (κ3) is 5.86. The van der Waals surface area contributed by atoms with Crippen molar-refractivity contribution in [2.45, 2.75) is 39.2 Å². The van der Waals surface area contributed by atoms with Gasteiger partial charge in [0.15, 0.2) is 0 Å². The van der Waals surface area contributed by atoms with Gasteiger partial charge in [-0.1, -0.05) is 37.6 Å². The molecule has 0 spiro atoms. The van der Waals surface area contributed by atoms with Gasteiger partial charge in [0.05, 0.1) is 0 Å². The van der Waals surface area contributed by atoms with Crippen molar-refractivity contribution in [1.82, 2.24) is 0 Å². The maximum absolute atomic E-state index is 5.61. The van der Waals surface area contributed by atoms with Crippen LogP contribution in [0.1, 0.15) is 33.1 Å². The van der Waals surface area contributed by atoms with Crippen LogP contribution in [0.5, 0.6) is 0 Å². The van der Waals surface area contributed by atoms with Crippen LogP contribution in [0, 0.1) is 0 Å². The molecule has 1 nitrogen and oxygen atoms in total. The highest BCUT2D eigenvalue weighted by atomic mass is 14.6. The van der Waals surface area contributed by atoms with Gasteiger partial charge in [-0.3, -0.25) is 0 Å². The summed E-state index contributed by atoms with van der Waals surface area (Å²) in [6.07, 6.45) is 7.36. The minimum atomic E-state index is 0.266. The van der Waals surface area contributed by atoms with E-state index in [0.29, 0.717) is 0 Å². The second kappa shape index (κ2) is 6.17.